The highest BCUT2D eigenvalue weighted by Crippen LogP contribution is 2.26. The summed E-state index contributed by atoms with van der Waals surface area (Å²) in [5.74, 6) is -0.301. The number of anilines is 2. The molecule has 0 spiro atoms. The molecule has 0 N–H and O–H groups in total. The molecule has 0 radical (unpaired) electrons. The third kappa shape index (κ3) is 3.62. The summed E-state index contributed by atoms with van der Waals surface area (Å²) in [6.45, 7) is 3.61. The van der Waals surface area contributed by atoms with E-state index in [0.29, 0.717) is 23.5 Å². The van der Waals surface area contributed by atoms with Crippen LogP contribution in [0.15, 0.2) is 65.5 Å². The zero-order chi connectivity index (χ0) is 19.4. The molecule has 6 nitrogen and oxygen atoms in total. The monoisotopic (exact) mass is 358 g/mol. The lowest BCUT2D eigenvalue weighted by Crippen LogP contribution is -2.33. The van der Waals surface area contributed by atoms with Gasteiger partial charge >= 0.3 is 0 Å². The Bertz CT molecular complexity index is 1060. The third-order valence-corrected chi connectivity index (χ3v) is 4.13. The topological polar surface area (TPSA) is 79.0 Å². The fourth-order valence-electron chi connectivity index (χ4n) is 2.83. The zero-order valence-corrected chi connectivity index (χ0v) is 15.1. The number of hydrogen-bond donors (Lipinski definition) is 0. The Balaban J connectivity index is 2.21. The predicted octanol–water partition coefficient (Wildman–Crippen LogP) is 3.49. The largest absolute Gasteiger partial charge is 0.291 e. The molecule has 0 aliphatic carbocycles. The van der Waals surface area contributed by atoms with Crippen LogP contribution < -0.4 is 10.5 Å². The first kappa shape index (κ1) is 18.1. The van der Waals surface area contributed by atoms with Gasteiger partial charge < -0.3 is 0 Å². The van der Waals surface area contributed by atoms with Crippen LogP contribution in [0.4, 0.5) is 11.4 Å². The highest BCUT2D eigenvalue weighted by atomic mass is 16.2. The summed E-state index contributed by atoms with van der Waals surface area (Å²) in [6, 6.07) is 19.7. The molecule has 0 unspecified atom stereocenters. The number of benzene rings is 2. The molecule has 0 fully saturated rings. The van der Waals surface area contributed by atoms with Crippen LogP contribution in [0.25, 0.3) is 11.3 Å². The van der Waals surface area contributed by atoms with Crippen molar-refractivity contribution in [2.45, 2.75) is 20.4 Å². The van der Waals surface area contributed by atoms with Gasteiger partial charge in [-0.05, 0) is 37.3 Å². The summed E-state index contributed by atoms with van der Waals surface area (Å²) in [7, 11) is 0. The third-order valence-electron chi connectivity index (χ3n) is 4.13. The van der Waals surface area contributed by atoms with Gasteiger partial charge in [0, 0.05) is 24.7 Å². The predicted molar refractivity (Wildman–Crippen MR) is 104 cm³/mol. The maximum Gasteiger partial charge on any atom is 0.291 e. The van der Waals surface area contributed by atoms with E-state index in [1.807, 2.05) is 43.3 Å². The van der Waals surface area contributed by atoms with Crippen molar-refractivity contribution < 1.29 is 4.79 Å². The van der Waals surface area contributed by atoms with E-state index < -0.39 is 0 Å². The van der Waals surface area contributed by atoms with Gasteiger partial charge in [-0.2, -0.15) is 10.4 Å². The van der Waals surface area contributed by atoms with E-state index >= 15 is 0 Å². The van der Waals surface area contributed by atoms with Gasteiger partial charge in [-0.1, -0.05) is 30.3 Å². The maximum absolute atomic E-state index is 12.9. The molecule has 1 heterocycles. The van der Waals surface area contributed by atoms with Crippen molar-refractivity contribution in [3.8, 4) is 17.3 Å². The van der Waals surface area contributed by atoms with Gasteiger partial charge in [0.15, 0.2) is 0 Å². The van der Waals surface area contributed by atoms with E-state index in [9.17, 15) is 9.59 Å². The Kier molecular flexibility index (Phi) is 5.13. The minimum atomic E-state index is -0.350. The number of amides is 1. The van der Waals surface area contributed by atoms with Crippen LogP contribution in [0.2, 0.25) is 0 Å². The minimum Gasteiger partial charge on any atom is -0.276 e. The van der Waals surface area contributed by atoms with Gasteiger partial charge in [0.1, 0.15) is 5.69 Å². The summed E-state index contributed by atoms with van der Waals surface area (Å²) in [5, 5.41) is 13.4. The summed E-state index contributed by atoms with van der Waals surface area (Å²) >= 11 is 0. The fraction of sp³-hybridized carbons (Fsp3) is 0.143. The number of carbonyl (C=O) groups excluding carboxylic acids is 1. The molecular formula is C21H18N4O2. The molecule has 1 aromatic heterocycles. The normalized spacial score (nSPS) is 10.3. The Labute approximate surface area is 156 Å². The maximum atomic E-state index is 12.9. The van der Waals surface area contributed by atoms with Crippen molar-refractivity contribution in [1.82, 2.24) is 9.78 Å². The molecule has 0 saturated heterocycles. The fourth-order valence-corrected chi connectivity index (χ4v) is 2.83. The first-order chi connectivity index (χ1) is 13.0. The number of hydrogen-bond acceptors (Lipinski definition) is 4. The molecule has 0 aliphatic rings. The minimum absolute atomic E-state index is 0.225. The molecule has 6 heteroatoms. The molecule has 3 aromatic rings. The lowest BCUT2D eigenvalue weighted by atomic mass is 10.1. The molecule has 3 rings (SSSR count). The van der Waals surface area contributed by atoms with Gasteiger partial charge in [0.2, 0.25) is 5.91 Å². The van der Waals surface area contributed by atoms with Crippen LogP contribution in [-0.2, 0) is 11.3 Å². The van der Waals surface area contributed by atoms with Crippen molar-refractivity contribution >= 4 is 17.3 Å². The van der Waals surface area contributed by atoms with Gasteiger partial charge in [-0.25, -0.2) is 4.68 Å². The number of carbonyl (C=O) groups is 1. The van der Waals surface area contributed by atoms with Crippen molar-refractivity contribution in [3.05, 3.63) is 76.6 Å². The average molecular weight is 358 g/mol. The second kappa shape index (κ2) is 7.67. The van der Waals surface area contributed by atoms with Crippen LogP contribution in [-0.4, -0.2) is 15.7 Å². The van der Waals surface area contributed by atoms with Crippen LogP contribution in [0.5, 0.6) is 0 Å². The summed E-state index contributed by atoms with van der Waals surface area (Å²) in [6.07, 6.45) is 0. The van der Waals surface area contributed by atoms with Gasteiger partial charge in [-0.15, -0.1) is 0 Å². The molecular weight excluding hydrogens is 340 g/mol. The van der Waals surface area contributed by atoms with Gasteiger partial charge in [0.05, 0.1) is 17.3 Å². The second-order valence-electron chi connectivity index (χ2n) is 5.91. The average Bonchev–Trinajstić information content (AvgIpc) is 2.70. The lowest BCUT2D eigenvalue weighted by molar-refractivity contribution is -0.115. The van der Waals surface area contributed by atoms with Crippen LogP contribution in [0.1, 0.15) is 19.4 Å². The first-order valence-corrected chi connectivity index (χ1v) is 8.53. The molecule has 0 saturated carbocycles. The van der Waals surface area contributed by atoms with Crippen molar-refractivity contribution in [2.24, 2.45) is 0 Å². The Morgan fingerprint density at radius 2 is 1.81 bits per heavy atom. The number of aryl methyl sites for hydroxylation is 1. The van der Waals surface area contributed by atoms with Crippen molar-refractivity contribution in [1.29, 1.82) is 5.26 Å². The highest BCUT2D eigenvalue weighted by molar-refractivity contribution is 5.99. The van der Waals surface area contributed by atoms with Crippen molar-refractivity contribution in [2.75, 3.05) is 4.90 Å². The summed E-state index contributed by atoms with van der Waals surface area (Å²) < 4.78 is 1.34. The van der Waals surface area contributed by atoms with E-state index in [4.69, 9.17) is 5.26 Å². The first-order valence-electron chi connectivity index (χ1n) is 8.53. The Hall–Kier alpha value is -3.72. The Morgan fingerprint density at radius 3 is 2.37 bits per heavy atom. The van der Waals surface area contributed by atoms with Crippen LogP contribution in [0, 0.1) is 11.3 Å². The summed E-state index contributed by atoms with van der Waals surface area (Å²) in [4.78, 5) is 26.6. The van der Waals surface area contributed by atoms with Crippen LogP contribution >= 0.6 is 0 Å². The van der Waals surface area contributed by atoms with E-state index in [0.717, 1.165) is 5.56 Å². The molecule has 1 amide bonds. The lowest BCUT2D eigenvalue weighted by Gasteiger charge is -2.22. The quantitative estimate of drug-likeness (QED) is 0.715. The molecule has 0 atom stereocenters. The van der Waals surface area contributed by atoms with E-state index in [1.165, 1.54) is 16.5 Å². The smallest absolute Gasteiger partial charge is 0.276 e. The second-order valence-corrected chi connectivity index (χ2v) is 5.91. The Morgan fingerprint density at radius 1 is 1.15 bits per heavy atom. The molecule has 0 aliphatic heterocycles. The number of rotatable bonds is 4. The standard InChI is InChI=1S/C21H18N4O2/c1-3-24-21(27)20(13-19(23-24)17-7-5-4-6-8-17)25(15(2)26)18-11-9-16(14-22)10-12-18/h4-13H,3H2,1-2H3. The van der Waals surface area contributed by atoms with Gasteiger partial charge in [0.25, 0.3) is 5.56 Å². The van der Waals surface area contributed by atoms with Crippen LogP contribution in [0.3, 0.4) is 0 Å². The number of nitriles is 1. The van der Waals surface area contributed by atoms with E-state index in [2.05, 4.69) is 5.10 Å². The molecule has 27 heavy (non-hydrogen) atoms. The zero-order valence-electron chi connectivity index (χ0n) is 15.1. The molecule has 0 bridgehead atoms. The molecule has 134 valence electrons. The van der Waals surface area contributed by atoms with E-state index in [-0.39, 0.29) is 17.2 Å². The van der Waals surface area contributed by atoms with Crippen molar-refractivity contribution in [3.63, 3.8) is 0 Å². The number of aromatic nitrogens is 2. The van der Waals surface area contributed by atoms with E-state index in [1.54, 1.807) is 30.3 Å². The SMILES string of the molecule is CCn1nc(-c2ccccc2)cc(N(C(C)=O)c2ccc(C#N)cc2)c1=O. The highest BCUT2D eigenvalue weighted by Gasteiger charge is 2.20. The molecule has 2 aromatic carbocycles. The van der Waals surface area contributed by atoms with Gasteiger partial charge in [-0.3, -0.25) is 14.5 Å². The summed E-state index contributed by atoms with van der Waals surface area (Å²) in [5.41, 5.74) is 2.33. The number of nitrogens with zero attached hydrogens (tertiary/aromatic N) is 4.